The van der Waals surface area contributed by atoms with Crippen molar-refractivity contribution in [3.05, 3.63) is 59.9 Å². The minimum Gasteiger partial charge on any atom is -0.449 e. The van der Waals surface area contributed by atoms with Crippen LogP contribution in [0.5, 0.6) is 0 Å². The molecule has 0 saturated heterocycles. The van der Waals surface area contributed by atoms with Gasteiger partial charge in [-0.1, -0.05) is 31.2 Å². The average Bonchev–Trinajstić information content (AvgIpc) is 3.14. The van der Waals surface area contributed by atoms with Crippen molar-refractivity contribution in [3.8, 4) is 22.4 Å². The Labute approximate surface area is 158 Å². The quantitative estimate of drug-likeness (QED) is 0.736. The second kappa shape index (κ2) is 7.35. The Kier molecular flexibility index (Phi) is 4.75. The van der Waals surface area contributed by atoms with Crippen LogP contribution in [0.25, 0.3) is 22.4 Å². The first kappa shape index (κ1) is 17.5. The standard InChI is InChI=1S/C22H23N3O2/c1-3-22(26)25-20-6-4-5-17-18(11-23-12-19(17)20)15-7-9-16(10-8-15)21-13-27-14(2)24-21/h7-13,20H,3-6H2,1-2H3,(H,25,26). The first-order chi connectivity index (χ1) is 13.2. The lowest BCUT2D eigenvalue weighted by molar-refractivity contribution is -0.121. The van der Waals surface area contributed by atoms with Gasteiger partial charge in [0.2, 0.25) is 5.91 Å². The second-order valence-electron chi connectivity index (χ2n) is 6.95. The Morgan fingerprint density at radius 3 is 2.70 bits per heavy atom. The molecule has 1 amide bonds. The van der Waals surface area contributed by atoms with E-state index >= 15 is 0 Å². The number of aryl methyl sites for hydroxylation is 1. The number of carbonyl (C=O) groups excluding carboxylic acids is 1. The summed E-state index contributed by atoms with van der Waals surface area (Å²) in [5.74, 6) is 0.751. The van der Waals surface area contributed by atoms with Crippen molar-refractivity contribution in [2.24, 2.45) is 0 Å². The number of nitrogens with one attached hydrogen (secondary N) is 1. The lowest BCUT2D eigenvalue weighted by Crippen LogP contribution is -2.30. The zero-order valence-electron chi connectivity index (χ0n) is 15.7. The molecule has 1 aromatic carbocycles. The van der Waals surface area contributed by atoms with Gasteiger partial charge in [-0.3, -0.25) is 9.78 Å². The van der Waals surface area contributed by atoms with Gasteiger partial charge in [-0.15, -0.1) is 0 Å². The number of carbonyl (C=O) groups is 1. The number of hydrogen-bond donors (Lipinski definition) is 1. The maximum absolute atomic E-state index is 11.9. The molecule has 3 aromatic rings. The lowest BCUT2D eigenvalue weighted by atomic mass is 9.84. The summed E-state index contributed by atoms with van der Waals surface area (Å²) >= 11 is 0. The fourth-order valence-electron chi connectivity index (χ4n) is 3.73. The Bertz CT molecular complexity index is 960. The predicted molar refractivity (Wildman–Crippen MR) is 104 cm³/mol. The van der Waals surface area contributed by atoms with Crippen LogP contribution in [0.2, 0.25) is 0 Å². The molecule has 2 aromatic heterocycles. The predicted octanol–water partition coefficient (Wildman–Crippen LogP) is 4.62. The monoisotopic (exact) mass is 361 g/mol. The molecule has 1 aliphatic carbocycles. The van der Waals surface area contributed by atoms with Crippen LogP contribution < -0.4 is 5.32 Å². The van der Waals surface area contributed by atoms with Crippen LogP contribution in [0, 0.1) is 6.92 Å². The van der Waals surface area contributed by atoms with Gasteiger partial charge in [0, 0.05) is 36.9 Å². The van der Waals surface area contributed by atoms with E-state index in [1.165, 1.54) is 5.56 Å². The van der Waals surface area contributed by atoms with Crippen molar-refractivity contribution in [1.29, 1.82) is 0 Å². The lowest BCUT2D eigenvalue weighted by Gasteiger charge is -2.27. The molecule has 27 heavy (non-hydrogen) atoms. The van der Waals surface area contributed by atoms with Gasteiger partial charge < -0.3 is 9.73 Å². The molecule has 1 aliphatic rings. The van der Waals surface area contributed by atoms with Gasteiger partial charge in [-0.25, -0.2) is 4.98 Å². The Balaban J connectivity index is 1.66. The number of rotatable bonds is 4. The molecule has 0 saturated carbocycles. The van der Waals surface area contributed by atoms with E-state index in [4.69, 9.17) is 4.42 Å². The van der Waals surface area contributed by atoms with Gasteiger partial charge in [0.25, 0.3) is 0 Å². The zero-order chi connectivity index (χ0) is 18.8. The van der Waals surface area contributed by atoms with Crippen LogP contribution in [-0.2, 0) is 11.2 Å². The molecule has 1 atom stereocenters. The van der Waals surface area contributed by atoms with E-state index in [-0.39, 0.29) is 11.9 Å². The molecule has 2 heterocycles. The molecule has 1 unspecified atom stereocenters. The van der Waals surface area contributed by atoms with E-state index in [0.717, 1.165) is 47.2 Å². The highest BCUT2D eigenvalue weighted by molar-refractivity contribution is 5.77. The number of oxazole rings is 1. The molecule has 0 fully saturated rings. The SMILES string of the molecule is CCC(=O)NC1CCCc2c(-c3ccc(-c4coc(C)n4)cc3)cncc21. The van der Waals surface area contributed by atoms with Gasteiger partial charge in [0.1, 0.15) is 12.0 Å². The van der Waals surface area contributed by atoms with Gasteiger partial charge in [0.05, 0.1) is 6.04 Å². The topological polar surface area (TPSA) is 68.0 Å². The van der Waals surface area contributed by atoms with Crippen LogP contribution in [0.15, 0.2) is 47.3 Å². The van der Waals surface area contributed by atoms with E-state index in [0.29, 0.717) is 12.3 Å². The molecule has 4 rings (SSSR count). The van der Waals surface area contributed by atoms with Crippen LogP contribution >= 0.6 is 0 Å². The average molecular weight is 361 g/mol. The normalized spacial score (nSPS) is 16.0. The summed E-state index contributed by atoms with van der Waals surface area (Å²) < 4.78 is 5.31. The third-order valence-corrected chi connectivity index (χ3v) is 5.15. The summed E-state index contributed by atoms with van der Waals surface area (Å²) in [5, 5.41) is 3.14. The van der Waals surface area contributed by atoms with Crippen molar-refractivity contribution in [3.63, 3.8) is 0 Å². The van der Waals surface area contributed by atoms with E-state index < -0.39 is 0 Å². The fraction of sp³-hybridized carbons (Fsp3) is 0.318. The van der Waals surface area contributed by atoms with Crippen molar-refractivity contribution >= 4 is 5.91 Å². The van der Waals surface area contributed by atoms with Crippen LogP contribution in [0.3, 0.4) is 0 Å². The molecular weight excluding hydrogens is 338 g/mol. The van der Waals surface area contributed by atoms with Crippen molar-refractivity contribution < 1.29 is 9.21 Å². The van der Waals surface area contributed by atoms with E-state index in [1.807, 2.05) is 26.2 Å². The highest BCUT2D eigenvalue weighted by Gasteiger charge is 2.24. The number of benzene rings is 1. The maximum atomic E-state index is 11.9. The molecule has 0 spiro atoms. The van der Waals surface area contributed by atoms with Gasteiger partial charge in [-0.05, 0) is 36.0 Å². The number of pyridine rings is 1. The van der Waals surface area contributed by atoms with Crippen LogP contribution in [0.1, 0.15) is 49.2 Å². The minimum atomic E-state index is 0.0611. The zero-order valence-corrected chi connectivity index (χ0v) is 15.7. The number of nitrogens with zero attached hydrogens (tertiary/aromatic N) is 2. The molecular formula is C22H23N3O2. The van der Waals surface area contributed by atoms with Crippen molar-refractivity contribution in [2.75, 3.05) is 0 Å². The summed E-state index contributed by atoms with van der Waals surface area (Å²) in [7, 11) is 0. The molecule has 0 aliphatic heterocycles. The molecule has 138 valence electrons. The largest absolute Gasteiger partial charge is 0.449 e. The molecule has 0 radical (unpaired) electrons. The molecule has 5 nitrogen and oxygen atoms in total. The van der Waals surface area contributed by atoms with E-state index in [2.05, 4.69) is 39.6 Å². The third-order valence-electron chi connectivity index (χ3n) is 5.15. The van der Waals surface area contributed by atoms with E-state index in [9.17, 15) is 4.79 Å². The highest BCUT2D eigenvalue weighted by atomic mass is 16.3. The Morgan fingerprint density at radius 1 is 1.22 bits per heavy atom. The summed E-state index contributed by atoms with van der Waals surface area (Å²) in [4.78, 5) is 20.7. The smallest absolute Gasteiger partial charge is 0.220 e. The third kappa shape index (κ3) is 3.50. The summed E-state index contributed by atoms with van der Waals surface area (Å²) in [5.41, 5.74) is 6.59. The van der Waals surface area contributed by atoms with Crippen LogP contribution in [0.4, 0.5) is 0 Å². The Morgan fingerprint density at radius 2 is 2.00 bits per heavy atom. The molecule has 0 bridgehead atoms. The fourth-order valence-corrected chi connectivity index (χ4v) is 3.73. The summed E-state index contributed by atoms with van der Waals surface area (Å²) in [6.07, 6.45) is 9.06. The summed E-state index contributed by atoms with van der Waals surface area (Å²) in [6.45, 7) is 3.72. The minimum absolute atomic E-state index is 0.0611. The van der Waals surface area contributed by atoms with Crippen LogP contribution in [-0.4, -0.2) is 15.9 Å². The Hall–Kier alpha value is -2.95. The summed E-state index contributed by atoms with van der Waals surface area (Å²) in [6, 6.07) is 8.39. The van der Waals surface area contributed by atoms with Gasteiger partial charge in [0.15, 0.2) is 5.89 Å². The number of aromatic nitrogens is 2. The highest BCUT2D eigenvalue weighted by Crippen LogP contribution is 2.36. The number of fused-ring (bicyclic) bond motifs is 1. The van der Waals surface area contributed by atoms with E-state index in [1.54, 1.807) is 6.26 Å². The number of amides is 1. The molecule has 5 heteroatoms. The van der Waals surface area contributed by atoms with Gasteiger partial charge >= 0.3 is 0 Å². The van der Waals surface area contributed by atoms with Crippen molar-refractivity contribution in [2.45, 2.75) is 45.6 Å². The number of hydrogen-bond acceptors (Lipinski definition) is 4. The first-order valence-corrected chi connectivity index (χ1v) is 9.44. The van der Waals surface area contributed by atoms with Crippen molar-refractivity contribution in [1.82, 2.24) is 15.3 Å². The second-order valence-corrected chi connectivity index (χ2v) is 6.95. The van der Waals surface area contributed by atoms with Gasteiger partial charge in [-0.2, -0.15) is 0 Å². The first-order valence-electron chi connectivity index (χ1n) is 9.44. The maximum Gasteiger partial charge on any atom is 0.220 e. The molecule has 1 N–H and O–H groups in total.